The summed E-state index contributed by atoms with van der Waals surface area (Å²) in [5.74, 6) is -1.64. The first-order valence-corrected chi connectivity index (χ1v) is 9.41. The molecule has 0 radical (unpaired) electrons. The van der Waals surface area contributed by atoms with Crippen molar-refractivity contribution in [2.45, 2.75) is 33.7 Å². The van der Waals surface area contributed by atoms with Gasteiger partial charge in [-0.3, -0.25) is 9.59 Å². The van der Waals surface area contributed by atoms with Crippen molar-refractivity contribution < 1.29 is 19.1 Å². The van der Waals surface area contributed by atoms with E-state index in [0.29, 0.717) is 10.6 Å². The summed E-state index contributed by atoms with van der Waals surface area (Å²) in [5, 5.41) is 2.94. The molecular formula is C22H24ClNO4. The van der Waals surface area contributed by atoms with E-state index in [1.807, 2.05) is 26.0 Å². The van der Waals surface area contributed by atoms with Crippen LogP contribution in [0.2, 0.25) is 5.02 Å². The second-order valence-electron chi connectivity index (χ2n) is 7.02. The topological polar surface area (TPSA) is 72.5 Å². The van der Waals surface area contributed by atoms with Gasteiger partial charge in [-0.05, 0) is 43.5 Å². The minimum atomic E-state index is -0.893. The lowest BCUT2D eigenvalue weighted by atomic mass is 10.0. The number of rotatable bonds is 7. The van der Waals surface area contributed by atoms with Crippen LogP contribution in [0.15, 0.2) is 42.5 Å². The number of carbonyl (C=O) groups is 3. The van der Waals surface area contributed by atoms with Gasteiger partial charge in [0.05, 0.1) is 10.6 Å². The summed E-state index contributed by atoms with van der Waals surface area (Å²) in [5.41, 5.74) is 2.56. The zero-order chi connectivity index (χ0) is 20.8. The molecule has 2 aromatic rings. The number of ketones is 1. The molecule has 1 atom stereocenters. The van der Waals surface area contributed by atoms with Crippen molar-refractivity contribution in [1.29, 1.82) is 0 Å². The fraction of sp³-hybridized carbons (Fsp3) is 0.318. The predicted molar refractivity (Wildman–Crippen MR) is 109 cm³/mol. The van der Waals surface area contributed by atoms with E-state index in [1.54, 1.807) is 44.2 Å². The van der Waals surface area contributed by atoms with E-state index in [4.69, 9.17) is 16.3 Å². The van der Waals surface area contributed by atoms with Crippen LogP contribution in [0.1, 0.15) is 45.7 Å². The molecule has 0 aromatic heterocycles. The molecule has 0 aliphatic rings. The number of carbonyl (C=O) groups excluding carboxylic acids is 3. The summed E-state index contributed by atoms with van der Waals surface area (Å²) in [6.45, 7) is 6.90. The van der Waals surface area contributed by atoms with Gasteiger partial charge in [0.25, 0.3) is 5.91 Å². The summed E-state index contributed by atoms with van der Waals surface area (Å²) < 4.78 is 5.21. The van der Waals surface area contributed by atoms with Crippen molar-refractivity contribution in [2.24, 2.45) is 5.92 Å². The molecule has 148 valence electrons. The highest BCUT2D eigenvalue weighted by Crippen LogP contribution is 2.16. The van der Waals surface area contributed by atoms with Gasteiger partial charge in [0.2, 0.25) is 5.78 Å². The highest BCUT2D eigenvalue weighted by atomic mass is 35.5. The largest absolute Gasteiger partial charge is 0.456 e. The van der Waals surface area contributed by atoms with Crippen LogP contribution in [0.25, 0.3) is 0 Å². The van der Waals surface area contributed by atoms with Crippen molar-refractivity contribution >= 4 is 29.3 Å². The Hall–Kier alpha value is -2.66. The maximum absolute atomic E-state index is 12.5. The van der Waals surface area contributed by atoms with Crippen molar-refractivity contribution in [3.63, 3.8) is 0 Å². The molecule has 1 amide bonds. The number of hydrogen-bond donors (Lipinski definition) is 1. The maximum atomic E-state index is 12.5. The van der Waals surface area contributed by atoms with Gasteiger partial charge >= 0.3 is 5.97 Å². The predicted octanol–water partition coefficient (Wildman–Crippen LogP) is 4.14. The van der Waals surface area contributed by atoms with E-state index < -0.39 is 17.9 Å². The maximum Gasteiger partial charge on any atom is 0.329 e. The first kappa shape index (κ1) is 21.6. The van der Waals surface area contributed by atoms with E-state index in [9.17, 15) is 14.4 Å². The monoisotopic (exact) mass is 401 g/mol. The molecule has 6 heteroatoms. The normalized spacial score (nSPS) is 11.8. The Balaban J connectivity index is 2.05. The van der Waals surface area contributed by atoms with Crippen LogP contribution in [0, 0.1) is 19.8 Å². The Morgan fingerprint density at radius 1 is 1.04 bits per heavy atom. The van der Waals surface area contributed by atoms with Gasteiger partial charge in [0.1, 0.15) is 6.04 Å². The molecule has 0 spiro atoms. The molecule has 2 aromatic carbocycles. The van der Waals surface area contributed by atoms with Crippen molar-refractivity contribution in [1.82, 2.24) is 5.32 Å². The summed E-state index contributed by atoms with van der Waals surface area (Å²) in [4.78, 5) is 37.4. The number of halogens is 1. The minimum absolute atomic E-state index is 0.227. The summed E-state index contributed by atoms with van der Waals surface area (Å²) in [7, 11) is 0. The van der Waals surface area contributed by atoms with Crippen LogP contribution in [0.4, 0.5) is 0 Å². The summed E-state index contributed by atoms with van der Waals surface area (Å²) in [6, 6.07) is 11.2. The fourth-order valence-electron chi connectivity index (χ4n) is 2.70. The van der Waals surface area contributed by atoms with Crippen molar-refractivity contribution in [3.05, 3.63) is 69.7 Å². The first-order valence-electron chi connectivity index (χ1n) is 9.03. The van der Waals surface area contributed by atoms with E-state index >= 15 is 0 Å². The Bertz CT molecular complexity index is 892. The number of nitrogens with one attached hydrogen (secondary N) is 1. The smallest absolute Gasteiger partial charge is 0.329 e. The van der Waals surface area contributed by atoms with E-state index in [2.05, 4.69) is 5.32 Å². The average Bonchev–Trinajstić information content (AvgIpc) is 2.65. The molecule has 0 saturated heterocycles. The van der Waals surface area contributed by atoms with E-state index in [-0.39, 0.29) is 23.9 Å². The third-order valence-electron chi connectivity index (χ3n) is 4.36. The van der Waals surface area contributed by atoms with Gasteiger partial charge in [-0.1, -0.05) is 55.3 Å². The Morgan fingerprint density at radius 2 is 1.71 bits per heavy atom. The lowest BCUT2D eigenvalue weighted by molar-refractivity contribution is -0.145. The highest BCUT2D eigenvalue weighted by Gasteiger charge is 2.27. The van der Waals surface area contributed by atoms with Gasteiger partial charge in [-0.2, -0.15) is 0 Å². The third-order valence-corrected chi connectivity index (χ3v) is 4.69. The van der Waals surface area contributed by atoms with Crippen molar-refractivity contribution in [2.75, 3.05) is 6.61 Å². The number of benzene rings is 2. The molecule has 2 rings (SSSR count). The average molecular weight is 402 g/mol. The Kier molecular flexibility index (Phi) is 7.35. The second kappa shape index (κ2) is 9.51. The van der Waals surface area contributed by atoms with Gasteiger partial charge in [0.15, 0.2) is 6.61 Å². The molecule has 0 aliphatic carbocycles. The quantitative estimate of drug-likeness (QED) is 0.559. The van der Waals surface area contributed by atoms with Crippen molar-refractivity contribution in [3.8, 4) is 0 Å². The van der Waals surface area contributed by atoms with Crippen LogP contribution < -0.4 is 5.32 Å². The standard InChI is InChI=1S/C22H24ClNO4/c1-13(2)20(24-21(26)16-7-5-6-8-18(16)23)22(27)28-12-19(25)17-11-14(3)9-10-15(17)4/h5-11,13,20H,12H2,1-4H3,(H,24,26)/t20-/m0/s1. The third kappa shape index (κ3) is 5.42. The molecule has 0 saturated carbocycles. The number of aryl methyl sites for hydroxylation is 2. The van der Waals surface area contributed by atoms with E-state index in [0.717, 1.165) is 11.1 Å². The number of hydrogen-bond acceptors (Lipinski definition) is 4. The Morgan fingerprint density at radius 3 is 2.36 bits per heavy atom. The summed E-state index contributed by atoms with van der Waals surface area (Å²) >= 11 is 6.04. The molecular weight excluding hydrogens is 378 g/mol. The van der Waals surface area contributed by atoms with Gasteiger partial charge in [0, 0.05) is 5.56 Å². The number of Topliss-reactive ketones (excluding diaryl/α,β-unsaturated/α-hetero) is 1. The van der Waals surface area contributed by atoms with Crippen LogP contribution in [0.3, 0.4) is 0 Å². The second-order valence-corrected chi connectivity index (χ2v) is 7.43. The zero-order valence-electron chi connectivity index (χ0n) is 16.4. The fourth-order valence-corrected chi connectivity index (χ4v) is 2.92. The van der Waals surface area contributed by atoms with Gasteiger partial charge < -0.3 is 10.1 Å². The minimum Gasteiger partial charge on any atom is -0.456 e. The molecule has 28 heavy (non-hydrogen) atoms. The SMILES string of the molecule is Cc1ccc(C)c(C(=O)COC(=O)[C@@H](NC(=O)c2ccccc2Cl)C(C)C)c1. The van der Waals surface area contributed by atoms with E-state index in [1.165, 1.54) is 0 Å². The molecule has 0 heterocycles. The van der Waals surface area contributed by atoms with Crippen LogP contribution in [0.5, 0.6) is 0 Å². The summed E-state index contributed by atoms with van der Waals surface area (Å²) in [6.07, 6.45) is 0. The first-order chi connectivity index (χ1) is 13.2. The molecule has 0 unspecified atom stereocenters. The van der Waals surface area contributed by atoms with Gasteiger partial charge in [-0.25, -0.2) is 4.79 Å². The van der Waals surface area contributed by atoms with Gasteiger partial charge in [-0.15, -0.1) is 0 Å². The van der Waals surface area contributed by atoms with Crippen LogP contribution in [-0.2, 0) is 9.53 Å². The number of ether oxygens (including phenoxy) is 1. The molecule has 0 bridgehead atoms. The Labute approximate surface area is 170 Å². The number of esters is 1. The zero-order valence-corrected chi connectivity index (χ0v) is 17.2. The number of amides is 1. The lowest BCUT2D eigenvalue weighted by Crippen LogP contribution is -2.45. The van der Waals surface area contributed by atoms with Crippen LogP contribution >= 0.6 is 11.6 Å². The molecule has 0 aliphatic heterocycles. The molecule has 5 nitrogen and oxygen atoms in total. The highest BCUT2D eigenvalue weighted by molar-refractivity contribution is 6.33. The lowest BCUT2D eigenvalue weighted by Gasteiger charge is -2.21. The molecule has 0 fully saturated rings. The molecule has 1 N–H and O–H groups in total. The van der Waals surface area contributed by atoms with Crippen LogP contribution in [-0.4, -0.2) is 30.3 Å².